The molecule has 0 heterocycles. The zero-order valence-corrected chi connectivity index (χ0v) is 13.6. The van der Waals surface area contributed by atoms with Gasteiger partial charge in [0.1, 0.15) is 0 Å². The Kier molecular flexibility index (Phi) is 4.58. The lowest BCUT2D eigenvalue weighted by molar-refractivity contribution is -0.122. The summed E-state index contributed by atoms with van der Waals surface area (Å²) in [5.74, 6) is 0.939. The average Bonchev–Trinajstić information content (AvgIpc) is 3.30. The minimum atomic E-state index is -0.190. The van der Waals surface area contributed by atoms with E-state index in [0.717, 1.165) is 12.8 Å². The van der Waals surface area contributed by atoms with Crippen LogP contribution in [0.15, 0.2) is 35.2 Å². The minimum absolute atomic E-state index is 0.190. The van der Waals surface area contributed by atoms with Gasteiger partial charge in [-0.25, -0.2) is 0 Å². The molecule has 0 spiro atoms. The summed E-state index contributed by atoms with van der Waals surface area (Å²) in [7, 11) is 0. The van der Waals surface area contributed by atoms with E-state index in [-0.39, 0.29) is 10.7 Å². The Morgan fingerprint density at radius 3 is 2.48 bits per heavy atom. The molecule has 0 radical (unpaired) electrons. The summed E-state index contributed by atoms with van der Waals surface area (Å²) in [6.45, 7) is 2.19. The van der Waals surface area contributed by atoms with Crippen molar-refractivity contribution >= 4 is 17.7 Å². The predicted octanol–water partition coefficient (Wildman–Crippen LogP) is 4.40. The van der Waals surface area contributed by atoms with Crippen molar-refractivity contribution in [2.75, 3.05) is 0 Å². The van der Waals surface area contributed by atoms with Gasteiger partial charge in [0.25, 0.3) is 0 Å². The van der Waals surface area contributed by atoms with Crippen molar-refractivity contribution < 1.29 is 4.79 Å². The number of hydrogen-bond acceptors (Lipinski definition) is 2. The molecule has 2 saturated carbocycles. The monoisotopic (exact) mass is 303 g/mol. The van der Waals surface area contributed by atoms with Crippen molar-refractivity contribution in [2.24, 2.45) is 5.92 Å². The first-order valence-electron chi connectivity index (χ1n) is 8.25. The Morgan fingerprint density at radius 1 is 1.19 bits per heavy atom. The molecule has 0 aliphatic heterocycles. The standard InChI is InChI=1S/C18H25NOS/c1-14(15-8-4-2-5-9-15)19-17(20)18(12-13-18)21-16-10-6-3-7-11-16/h3,6-7,10-11,14-15H,2,4-5,8-9,12-13H2,1H3,(H,19,20). The van der Waals surface area contributed by atoms with Gasteiger partial charge in [-0.15, -0.1) is 11.8 Å². The van der Waals surface area contributed by atoms with Crippen LogP contribution in [0.3, 0.4) is 0 Å². The molecule has 2 aliphatic carbocycles. The molecule has 1 amide bonds. The number of nitrogens with one attached hydrogen (secondary N) is 1. The summed E-state index contributed by atoms with van der Waals surface area (Å²) in [5, 5.41) is 3.31. The van der Waals surface area contributed by atoms with Crippen LogP contribution in [-0.2, 0) is 4.79 Å². The molecule has 2 fully saturated rings. The van der Waals surface area contributed by atoms with Gasteiger partial charge in [-0.2, -0.15) is 0 Å². The first-order chi connectivity index (χ1) is 10.2. The van der Waals surface area contributed by atoms with Crippen LogP contribution in [0.25, 0.3) is 0 Å². The summed E-state index contributed by atoms with van der Waals surface area (Å²) in [6, 6.07) is 10.6. The van der Waals surface area contributed by atoms with Crippen LogP contribution in [0.2, 0.25) is 0 Å². The van der Waals surface area contributed by atoms with Crippen molar-refractivity contribution in [1.82, 2.24) is 5.32 Å². The fourth-order valence-corrected chi connectivity index (χ4v) is 4.50. The molecule has 0 aromatic heterocycles. The molecular weight excluding hydrogens is 278 g/mol. The third-order valence-corrected chi connectivity index (χ3v) is 6.38. The molecule has 1 atom stereocenters. The van der Waals surface area contributed by atoms with Crippen LogP contribution in [-0.4, -0.2) is 16.7 Å². The van der Waals surface area contributed by atoms with Gasteiger partial charge in [0.05, 0.1) is 4.75 Å². The number of hydrogen-bond donors (Lipinski definition) is 1. The maximum Gasteiger partial charge on any atom is 0.236 e. The second-order valence-corrected chi connectivity index (χ2v) is 8.03. The Hall–Kier alpha value is -0.960. The second-order valence-electron chi connectivity index (χ2n) is 6.57. The molecule has 2 nitrogen and oxygen atoms in total. The number of benzene rings is 1. The minimum Gasteiger partial charge on any atom is -0.352 e. The number of rotatable bonds is 5. The molecule has 1 aromatic rings. The van der Waals surface area contributed by atoms with E-state index in [1.54, 1.807) is 11.8 Å². The van der Waals surface area contributed by atoms with Crippen molar-refractivity contribution in [3.8, 4) is 0 Å². The molecule has 21 heavy (non-hydrogen) atoms. The molecule has 1 aromatic carbocycles. The Balaban J connectivity index is 1.57. The van der Waals surface area contributed by atoms with E-state index in [9.17, 15) is 4.79 Å². The van der Waals surface area contributed by atoms with Crippen LogP contribution in [0.1, 0.15) is 51.9 Å². The third kappa shape index (κ3) is 3.63. The van der Waals surface area contributed by atoms with Gasteiger partial charge in [0, 0.05) is 10.9 Å². The second kappa shape index (κ2) is 6.43. The number of carbonyl (C=O) groups excluding carboxylic acids is 1. The van der Waals surface area contributed by atoms with Gasteiger partial charge in [0.15, 0.2) is 0 Å². The summed E-state index contributed by atoms with van der Waals surface area (Å²) in [6.07, 6.45) is 8.60. The lowest BCUT2D eigenvalue weighted by atomic mass is 9.84. The van der Waals surface area contributed by atoms with E-state index in [1.165, 1.54) is 37.0 Å². The number of carbonyl (C=O) groups is 1. The lowest BCUT2D eigenvalue weighted by Gasteiger charge is -2.29. The number of thioether (sulfide) groups is 1. The van der Waals surface area contributed by atoms with Gasteiger partial charge in [-0.05, 0) is 50.7 Å². The van der Waals surface area contributed by atoms with E-state index in [1.807, 2.05) is 18.2 Å². The first kappa shape index (κ1) is 15.0. The lowest BCUT2D eigenvalue weighted by Crippen LogP contribution is -2.44. The van der Waals surface area contributed by atoms with Crippen molar-refractivity contribution in [2.45, 2.75) is 67.6 Å². The Labute approximate surface area is 132 Å². The highest BCUT2D eigenvalue weighted by Gasteiger charge is 2.51. The quantitative estimate of drug-likeness (QED) is 0.873. The molecule has 0 bridgehead atoms. The topological polar surface area (TPSA) is 29.1 Å². The smallest absolute Gasteiger partial charge is 0.236 e. The van der Waals surface area contributed by atoms with Crippen LogP contribution in [0, 0.1) is 5.92 Å². The Morgan fingerprint density at radius 2 is 1.86 bits per heavy atom. The summed E-state index contributed by atoms with van der Waals surface area (Å²) >= 11 is 1.74. The summed E-state index contributed by atoms with van der Waals surface area (Å²) in [4.78, 5) is 13.9. The van der Waals surface area contributed by atoms with Gasteiger partial charge < -0.3 is 5.32 Å². The van der Waals surface area contributed by atoms with Crippen LogP contribution in [0.4, 0.5) is 0 Å². The molecule has 1 N–H and O–H groups in total. The third-order valence-electron chi connectivity index (χ3n) is 4.89. The van der Waals surface area contributed by atoms with Crippen LogP contribution in [0.5, 0.6) is 0 Å². The Bertz CT molecular complexity index is 477. The van der Waals surface area contributed by atoms with Crippen LogP contribution < -0.4 is 5.32 Å². The summed E-state index contributed by atoms with van der Waals surface area (Å²) < 4.78 is -0.190. The van der Waals surface area contributed by atoms with Gasteiger partial charge >= 0.3 is 0 Å². The maximum absolute atomic E-state index is 12.7. The van der Waals surface area contributed by atoms with Gasteiger partial charge in [-0.1, -0.05) is 37.5 Å². The molecule has 114 valence electrons. The highest BCUT2D eigenvalue weighted by atomic mass is 32.2. The number of amides is 1. The summed E-state index contributed by atoms with van der Waals surface area (Å²) in [5.41, 5.74) is 0. The van der Waals surface area contributed by atoms with Gasteiger partial charge in [-0.3, -0.25) is 4.79 Å². The maximum atomic E-state index is 12.7. The van der Waals surface area contributed by atoms with Crippen LogP contribution >= 0.6 is 11.8 Å². The highest BCUT2D eigenvalue weighted by Crippen LogP contribution is 2.52. The van der Waals surface area contributed by atoms with E-state index in [2.05, 4.69) is 24.4 Å². The van der Waals surface area contributed by atoms with Crippen molar-refractivity contribution in [1.29, 1.82) is 0 Å². The zero-order chi connectivity index (χ0) is 14.7. The normalized spacial score (nSPS) is 22.5. The largest absolute Gasteiger partial charge is 0.352 e. The molecule has 3 rings (SSSR count). The molecule has 2 aliphatic rings. The molecular formula is C18H25NOS. The zero-order valence-electron chi connectivity index (χ0n) is 12.8. The highest BCUT2D eigenvalue weighted by molar-refractivity contribution is 8.01. The van der Waals surface area contributed by atoms with E-state index >= 15 is 0 Å². The van der Waals surface area contributed by atoms with E-state index in [4.69, 9.17) is 0 Å². The SMILES string of the molecule is CC(NC(=O)C1(Sc2ccccc2)CC1)C1CCCCC1. The molecule has 1 unspecified atom stereocenters. The van der Waals surface area contributed by atoms with E-state index in [0.29, 0.717) is 12.0 Å². The molecule has 0 saturated heterocycles. The van der Waals surface area contributed by atoms with Crippen molar-refractivity contribution in [3.63, 3.8) is 0 Å². The van der Waals surface area contributed by atoms with Crippen molar-refractivity contribution in [3.05, 3.63) is 30.3 Å². The average molecular weight is 303 g/mol. The van der Waals surface area contributed by atoms with E-state index < -0.39 is 0 Å². The first-order valence-corrected chi connectivity index (χ1v) is 9.06. The fraction of sp³-hybridized carbons (Fsp3) is 0.611. The van der Waals surface area contributed by atoms with Gasteiger partial charge in [0.2, 0.25) is 5.91 Å². The predicted molar refractivity (Wildman–Crippen MR) is 88.4 cm³/mol. The fourth-order valence-electron chi connectivity index (χ4n) is 3.29. The molecule has 3 heteroatoms.